The topological polar surface area (TPSA) is 24.9 Å². The summed E-state index contributed by atoms with van der Waals surface area (Å²) in [7, 11) is 0. The number of nitrogens with one attached hydrogen (secondary N) is 1. The number of para-hydroxylation sites is 1. The predicted octanol–water partition coefficient (Wildman–Crippen LogP) is 10.5. The molecule has 0 aliphatic rings. The number of pyridine rings is 1. The molecule has 42 heavy (non-hydrogen) atoms. The maximum Gasteiger partial charge on any atom is 0.0952 e. The van der Waals surface area contributed by atoms with Crippen molar-refractivity contribution >= 4 is 38.0 Å². The highest BCUT2D eigenvalue weighted by atomic mass is 15.0. The quantitative estimate of drug-likeness (QED) is 0.203. The zero-order valence-electron chi connectivity index (χ0n) is 24.1. The minimum atomic E-state index is -0.158. The van der Waals surface area contributed by atoms with Crippen molar-refractivity contribution in [2.75, 3.05) is 5.32 Å². The van der Waals surface area contributed by atoms with Crippen LogP contribution in [0.1, 0.15) is 42.3 Å². The highest BCUT2D eigenvalue weighted by Gasteiger charge is 2.24. The van der Waals surface area contributed by atoms with Crippen LogP contribution in [-0.2, 0) is 12.8 Å². The minimum Gasteiger partial charge on any atom is -0.372 e. The van der Waals surface area contributed by atoms with E-state index in [-0.39, 0.29) is 6.04 Å². The van der Waals surface area contributed by atoms with Gasteiger partial charge in [0.05, 0.1) is 17.4 Å². The van der Waals surface area contributed by atoms with Crippen molar-refractivity contribution in [1.82, 2.24) is 4.98 Å². The lowest BCUT2D eigenvalue weighted by Gasteiger charge is -2.27. The molecule has 1 unspecified atom stereocenters. The van der Waals surface area contributed by atoms with Crippen molar-refractivity contribution in [3.8, 4) is 11.3 Å². The second kappa shape index (κ2) is 11.1. The van der Waals surface area contributed by atoms with Crippen molar-refractivity contribution in [3.05, 3.63) is 156 Å². The molecule has 0 saturated carbocycles. The van der Waals surface area contributed by atoms with Crippen molar-refractivity contribution in [2.24, 2.45) is 0 Å². The van der Waals surface area contributed by atoms with Crippen molar-refractivity contribution in [1.29, 1.82) is 0 Å². The van der Waals surface area contributed by atoms with E-state index in [1.807, 2.05) is 0 Å². The van der Waals surface area contributed by atoms with Crippen LogP contribution < -0.4 is 5.32 Å². The Balaban J connectivity index is 1.51. The molecule has 7 aromatic rings. The summed E-state index contributed by atoms with van der Waals surface area (Å²) in [5.41, 5.74) is 8.29. The molecule has 0 radical (unpaired) electrons. The fraction of sp³-hybridized carbons (Fsp3) is 0.125. The number of benzene rings is 6. The van der Waals surface area contributed by atoms with Crippen molar-refractivity contribution in [3.63, 3.8) is 0 Å². The van der Waals surface area contributed by atoms with Crippen LogP contribution in [0.15, 0.2) is 133 Å². The molecule has 6 aromatic carbocycles. The van der Waals surface area contributed by atoms with Crippen LogP contribution in [0.5, 0.6) is 0 Å². The third-order valence-corrected chi connectivity index (χ3v) is 8.52. The second-order valence-electron chi connectivity index (χ2n) is 10.9. The molecule has 2 nitrogen and oxygen atoms in total. The van der Waals surface area contributed by atoms with Gasteiger partial charge in [0.1, 0.15) is 0 Å². The molecule has 0 spiro atoms. The van der Waals surface area contributed by atoms with Crippen molar-refractivity contribution in [2.45, 2.75) is 32.7 Å². The Kier molecular flexibility index (Phi) is 6.89. The molecule has 0 amide bonds. The summed E-state index contributed by atoms with van der Waals surface area (Å²) in [4.78, 5) is 5.43. The maximum atomic E-state index is 5.43. The lowest BCUT2D eigenvalue weighted by molar-refractivity contribution is 0.893. The van der Waals surface area contributed by atoms with E-state index in [4.69, 9.17) is 4.98 Å². The van der Waals surface area contributed by atoms with Gasteiger partial charge in [-0.3, -0.25) is 4.98 Å². The second-order valence-corrected chi connectivity index (χ2v) is 10.9. The maximum absolute atomic E-state index is 5.43. The Labute approximate surface area is 247 Å². The van der Waals surface area contributed by atoms with E-state index in [2.05, 4.69) is 153 Å². The normalized spacial score (nSPS) is 12.1. The molecule has 0 fully saturated rings. The van der Waals surface area contributed by atoms with Gasteiger partial charge in [0, 0.05) is 11.3 Å². The Hall–Kier alpha value is -4.95. The number of anilines is 1. The Morgan fingerprint density at radius 2 is 1.10 bits per heavy atom. The highest BCUT2D eigenvalue weighted by Crippen LogP contribution is 2.39. The standard InChI is InChI=1S/C40H34N2/c1-3-27-17-11-18-28(4-2)39(27)42-40(38-33-21-9-6-15-30(33)26-31-16-7-10-22-34(31)38)37-25-13-24-36(41-37)35-23-12-19-29-14-5-8-20-32(29)35/h5-26,40,42H,3-4H2,1-2H3. The van der Waals surface area contributed by atoms with Gasteiger partial charge in [-0.1, -0.05) is 129 Å². The zero-order chi connectivity index (χ0) is 28.5. The first kappa shape index (κ1) is 26.0. The van der Waals surface area contributed by atoms with E-state index >= 15 is 0 Å². The molecule has 0 saturated heterocycles. The molecule has 0 bridgehead atoms. The summed E-state index contributed by atoms with van der Waals surface area (Å²) in [6, 6.07) is 47.9. The highest BCUT2D eigenvalue weighted by molar-refractivity contribution is 6.03. The van der Waals surface area contributed by atoms with Crippen LogP contribution in [0.2, 0.25) is 0 Å². The first-order valence-electron chi connectivity index (χ1n) is 15.0. The summed E-state index contributed by atoms with van der Waals surface area (Å²) in [6.07, 6.45) is 1.92. The minimum absolute atomic E-state index is 0.158. The zero-order valence-corrected chi connectivity index (χ0v) is 24.1. The summed E-state index contributed by atoms with van der Waals surface area (Å²) in [5.74, 6) is 0. The average molecular weight is 543 g/mol. The van der Waals surface area contributed by atoms with Gasteiger partial charge >= 0.3 is 0 Å². The molecule has 1 heterocycles. The third-order valence-electron chi connectivity index (χ3n) is 8.52. The van der Waals surface area contributed by atoms with E-state index in [1.165, 1.54) is 54.7 Å². The number of fused-ring (bicyclic) bond motifs is 3. The largest absolute Gasteiger partial charge is 0.372 e. The van der Waals surface area contributed by atoms with Gasteiger partial charge in [-0.25, -0.2) is 0 Å². The van der Waals surface area contributed by atoms with Crippen LogP contribution >= 0.6 is 0 Å². The number of hydrogen-bond donors (Lipinski definition) is 1. The van der Waals surface area contributed by atoms with E-state index in [0.29, 0.717) is 0 Å². The number of aromatic nitrogens is 1. The van der Waals surface area contributed by atoms with E-state index in [1.54, 1.807) is 0 Å². The molecular formula is C40H34N2. The molecule has 0 aliphatic carbocycles. The van der Waals surface area contributed by atoms with Gasteiger partial charge in [0.25, 0.3) is 0 Å². The van der Waals surface area contributed by atoms with E-state index in [9.17, 15) is 0 Å². The average Bonchev–Trinajstić information content (AvgIpc) is 3.06. The third kappa shape index (κ3) is 4.59. The van der Waals surface area contributed by atoms with Crippen LogP contribution in [0, 0.1) is 0 Å². The van der Waals surface area contributed by atoms with Crippen molar-refractivity contribution < 1.29 is 0 Å². The molecular weight excluding hydrogens is 508 g/mol. The summed E-state index contributed by atoms with van der Waals surface area (Å²) < 4.78 is 0. The first-order valence-corrected chi connectivity index (χ1v) is 15.0. The van der Waals surface area contributed by atoms with Gasteiger partial charge < -0.3 is 5.32 Å². The Morgan fingerprint density at radius 1 is 0.548 bits per heavy atom. The predicted molar refractivity (Wildman–Crippen MR) is 179 cm³/mol. The van der Waals surface area contributed by atoms with Gasteiger partial charge in [-0.2, -0.15) is 0 Å². The van der Waals surface area contributed by atoms with Crippen LogP contribution in [0.25, 0.3) is 43.6 Å². The van der Waals surface area contributed by atoms with E-state index < -0.39 is 0 Å². The first-order chi connectivity index (χ1) is 20.7. The number of aryl methyl sites for hydroxylation is 2. The monoisotopic (exact) mass is 542 g/mol. The molecule has 1 aromatic heterocycles. The fourth-order valence-electron chi connectivity index (χ4n) is 6.44. The molecule has 1 atom stereocenters. The van der Waals surface area contributed by atoms with Crippen LogP contribution in [-0.4, -0.2) is 4.98 Å². The summed E-state index contributed by atoms with van der Waals surface area (Å²) in [6.45, 7) is 4.48. The lowest BCUT2D eigenvalue weighted by atomic mass is 9.89. The molecule has 204 valence electrons. The van der Waals surface area contributed by atoms with Gasteiger partial charge in [-0.15, -0.1) is 0 Å². The van der Waals surface area contributed by atoms with Gasteiger partial charge in [0.15, 0.2) is 0 Å². The smallest absolute Gasteiger partial charge is 0.0952 e. The van der Waals surface area contributed by atoms with Crippen LogP contribution in [0.3, 0.4) is 0 Å². The summed E-state index contributed by atoms with van der Waals surface area (Å²) in [5, 5.41) is 11.5. The lowest BCUT2D eigenvalue weighted by Crippen LogP contribution is -2.17. The van der Waals surface area contributed by atoms with Gasteiger partial charge in [0.2, 0.25) is 0 Å². The van der Waals surface area contributed by atoms with E-state index in [0.717, 1.165) is 29.8 Å². The number of hydrogen-bond acceptors (Lipinski definition) is 2. The molecule has 2 heteroatoms. The molecule has 1 N–H and O–H groups in total. The van der Waals surface area contributed by atoms with Gasteiger partial charge in [-0.05, 0) is 80.0 Å². The summed E-state index contributed by atoms with van der Waals surface area (Å²) >= 11 is 0. The number of nitrogens with zero attached hydrogens (tertiary/aromatic N) is 1. The Morgan fingerprint density at radius 3 is 1.76 bits per heavy atom. The fourth-order valence-corrected chi connectivity index (χ4v) is 6.44. The Bertz CT molecular complexity index is 1970. The molecule has 0 aliphatic heterocycles. The number of rotatable bonds is 7. The van der Waals surface area contributed by atoms with Crippen LogP contribution in [0.4, 0.5) is 5.69 Å². The molecule has 7 rings (SSSR count). The SMILES string of the molecule is CCc1cccc(CC)c1NC(c1cccc(-c2cccc3ccccc23)n1)c1c2ccccc2cc2ccccc12.